The number of ether oxygens (including phenoxy) is 1. The molecule has 3 nitrogen and oxygen atoms in total. The minimum Gasteiger partial charge on any atom is -0.491 e. The van der Waals surface area contributed by atoms with Crippen LogP contribution in [0.4, 0.5) is 5.69 Å². The van der Waals surface area contributed by atoms with Crippen LogP contribution >= 0.6 is 15.9 Å². The molecule has 0 aliphatic carbocycles. The van der Waals surface area contributed by atoms with E-state index in [1.807, 2.05) is 42.5 Å². The first-order chi connectivity index (χ1) is 9.29. The van der Waals surface area contributed by atoms with Crippen molar-refractivity contribution < 1.29 is 4.74 Å². The van der Waals surface area contributed by atoms with Gasteiger partial charge in [-0.2, -0.15) is 0 Å². The molecule has 0 aliphatic rings. The first kappa shape index (κ1) is 13.9. The Morgan fingerprint density at radius 1 is 1.16 bits per heavy atom. The van der Waals surface area contributed by atoms with Gasteiger partial charge in [0, 0.05) is 0 Å². The van der Waals surface area contributed by atoms with Gasteiger partial charge >= 0.3 is 0 Å². The lowest BCUT2D eigenvalue weighted by atomic mass is 10.2. The van der Waals surface area contributed by atoms with Crippen LogP contribution in [-0.4, -0.2) is 11.6 Å². The Balaban J connectivity index is 2.02. The molecular weight excluding hydrogens is 304 g/mol. The molecule has 4 heteroatoms. The summed E-state index contributed by atoms with van der Waals surface area (Å²) in [6, 6.07) is 13.9. The van der Waals surface area contributed by atoms with Crippen LogP contribution in [0.5, 0.6) is 5.75 Å². The normalized spacial score (nSPS) is 10.2. The van der Waals surface area contributed by atoms with Crippen LogP contribution in [0, 0.1) is 0 Å². The van der Waals surface area contributed by atoms with Crippen LogP contribution in [0.2, 0.25) is 0 Å². The van der Waals surface area contributed by atoms with E-state index >= 15 is 0 Å². The zero-order chi connectivity index (χ0) is 13.5. The van der Waals surface area contributed by atoms with E-state index in [9.17, 15) is 0 Å². The summed E-state index contributed by atoms with van der Waals surface area (Å²) >= 11 is 3.37. The van der Waals surface area contributed by atoms with E-state index < -0.39 is 0 Å². The van der Waals surface area contributed by atoms with E-state index in [-0.39, 0.29) is 0 Å². The molecule has 1 heterocycles. The first-order valence-electron chi connectivity index (χ1n) is 6.36. The van der Waals surface area contributed by atoms with Gasteiger partial charge in [0.05, 0.1) is 24.5 Å². The number of rotatable bonds is 6. The molecule has 100 valence electrons. The largest absolute Gasteiger partial charge is 0.491 e. The van der Waals surface area contributed by atoms with Crippen molar-refractivity contribution in [1.82, 2.24) is 4.98 Å². The van der Waals surface area contributed by atoms with Crippen LogP contribution < -0.4 is 10.1 Å². The van der Waals surface area contributed by atoms with Crippen molar-refractivity contribution in [2.75, 3.05) is 11.9 Å². The van der Waals surface area contributed by atoms with Gasteiger partial charge in [0.25, 0.3) is 0 Å². The Morgan fingerprint density at radius 2 is 2.00 bits per heavy atom. The zero-order valence-corrected chi connectivity index (χ0v) is 12.5. The monoisotopic (exact) mass is 320 g/mol. The van der Waals surface area contributed by atoms with E-state index in [1.54, 1.807) is 0 Å². The van der Waals surface area contributed by atoms with Gasteiger partial charge in [0.1, 0.15) is 10.4 Å². The lowest BCUT2D eigenvalue weighted by Crippen LogP contribution is -2.04. The SMILES string of the molecule is CCCOc1ccccc1NCc1cccc(Br)n1. The van der Waals surface area contributed by atoms with Crippen molar-refractivity contribution in [3.63, 3.8) is 0 Å². The van der Waals surface area contributed by atoms with E-state index in [1.165, 1.54) is 0 Å². The molecular formula is C15H17BrN2O. The third-order valence-electron chi connectivity index (χ3n) is 2.58. The fourth-order valence-electron chi connectivity index (χ4n) is 1.69. The summed E-state index contributed by atoms with van der Waals surface area (Å²) in [6.45, 7) is 3.50. The number of nitrogens with zero attached hydrogens (tertiary/aromatic N) is 1. The molecule has 0 atom stereocenters. The number of pyridine rings is 1. The van der Waals surface area contributed by atoms with Crippen molar-refractivity contribution in [3.05, 3.63) is 52.8 Å². The molecule has 0 spiro atoms. The molecule has 0 aliphatic heterocycles. The Kier molecular flexibility index (Phi) is 5.21. The first-order valence-corrected chi connectivity index (χ1v) is 7.16. The van der Waals surface area contributed by atoms with Crippen LogP contribution in [0.3, 0.4) is 0 Å². The number of anilines is 1. The smallest absolute Gasteiger partial charge is 0.142 e. The topological polar surface area (TPSA) is 34.1 Å². The lowest BCUT2D eigenvalue weighted by Gasteiger charge is -2.12. The van der Waals surface area contributed by atoms with Crippen LogP contribution in [0.1, 0.15) is 19.0 Å². The summed E-state index contributed by atoms with van der Waals surface area (Å²) in [4.78, 5) is 4.39. The minimum absolute atomic E-state index is 0.673. The third-order valence-corrected chi connectivity index (χ3v) is 3.02. The Morgan fingerprint density at radius 3 is 2.79 bits per heavy atom. The van der Waals surface area contributed by atoms with E-state index in [0.29, 0.717) is 6.54 Å². The number of hydrogen-bond acceptors (Lipinski definition) is 3. The Labute approximate surface area is 122 Å². The quantitative estimate of drug-likeness (QED) is 0.808. The van der Waals surface area contributed by atoms with Crippen molar-refractivity contribution in [2.45, 2.75) is 19.9 Å². The summed E-state index contributed by atoms with van der Waals surface area (Å²) in [5.41, 5.74) is 1.98. The summed E-state index contributed by atoms with van der Waals surface area (Å²) in [5.74, 6) is 0.888. The van der Waals surface area contributed by atoms with Gasteiger partial charge < -0.3 is 10.1 Å². The molecule has 0 fully saturated rings. The van der Waals surface area contributed by atoms with Crippen molar-refractivity contribution >= 4 is 21.6 Å². The van der Waals surface area contributed by atoms with Crippen molar-refractivity contribution in [2.24, 2.45) is 0 Å². The van der Waals surface area contributed by atoms with Crippen molar-refractivity contribution in [1.29, 1.82) is 0 Å². The van der Waals surface area contributed by atoms with Crippen LogP contribution in [0.25, 0.3) is 0 Å². The molecule has 0 radical (unpaired) electrons. The van der Waals surface area contributed by atoms with Gasteiger partial charge in [-0.15, -0.1) is 0 Å². The standard InChI is InChI=1S/C15H17BrN2O/c1-2-10-19-14-8-4-3-7-13(14)17-11-12-6-5-9-15(16)18-12/h3-9,17H,2,10-11H2,1H3. The molecule has 2 rings (SSSR count). The summed E-state index contributed by atoms with van der Waals surface area (Å²) in [7, 11) is 0. The highest BCUT2D eigenvalue weighted by Gasteiger charge is 2.03. The lowest BCUT2D eigenvalue weighted by molar-refractivity contribution is 0.319. The predicted octanol–water partition coefficient (Wildman–Crippen LogP) is 4.25. The highest BCUT2D eigenvalue weighted by molar-refractivity contribution is 9.10. The Hall–Kier alpha value is -1.55. The molecule has 1 N–H and O–H groups in total. The molecule has 1 aromatic heterocycles. The second-order valence-corrected chi connectivity index (χ2v) is 4.96. The van der Waals surface area contributed by atoms with E-state index in [0.717, 1.165) is 34.8 Å². The summed E-state index contributed by atoms with van der Waals surface area (Å²) in [6.07, 6.45) is 1.00. The van der Waals surface area contributed by atoms with Gasteiger partial charge in [-0.05, 0) is 46.6 Å². The number of hydrogen-bond donors (Lipinski definition) is 1. The second-order valence-electron chi connectivity index (χ2n) is 4.15. The molecule has 0 unspecified atom stereocenters. The molecule has 0 saturated heterocycles. The van der Waals surface area contributed by atoms with Gasteiger partial charge in [0.15, 0.2) is 0 Å². The van der Waals surface area contributed by atoms with Gasteiger partial charge in [-0.25, -0.2) is 4.98 Å². The van der Waals surface area contributed by atoms with E-state index in [2.05, 4.69) is 33.2 Å². The molecule has 1 aromatic carbocycles. The molecule has 2 aromatic rings. The fourth-order valence-corrected chi connectivity index (χ4v) is 2.07. The minimum atomic E-state index is 0.673. The van der Waals surface area contributed by atoms with Crippen LogP contribution in [-0.2, 0) is 6.54 Å². The summed E-state index contributed by atoms with van der Waals surface area (Å²) < 4.78 is 6.56. The van der Waals surface area contributed by atoms with Gasteiger partial charge in [-0.1, -0.05) is 25.1 Å². The van der Waals surface area contributed by atoms with Crippen molar-refractivity contribution in [3.8, 4) is 5.75 Å². The maximum absolute atomic E-state index is 5.71. The zero-order valence-electron chi connectivity index (χ0n) is 10.9. The number of nitrogens with one attached hydrogen (secondary N) is 1. The Bertz CT molecular complexity index is 531. The maximum atomic E-state index is 5.71. The number of para-hydroxylation sites is 2. The van der Waals surface area contributed by atoms with Gasteiger partial charge in [-0.3, -0.25) is 0 Å². The maximum Gasteiger partial charge on any atom is 0.142 e. The highest BCUT2D eigenvalue weighted by atomic mass is 79.9. The predicted molar refractivity (Wildman–Crippen MR) is 81.5 cm³/mol. The van der Waals surface area contributed by atoms with Gasteiger partial charge in [0.2, 0.25) is 0 Å². The third kappa shape index (κ3) is 4.24. The number of aromatic nitrogens is 1. The molecule has 0 saturated carbocycles. The molecule has 0 bridgehead atoms. The van der Waals surface area contributed by atoms with Crippen LogP contribution in [0.15, 0.2) is 47.1 Å². The highest BCUT2D eigenvalue weighted by Crippen LogP contribution is 2.24. The number of halogens is 1. The average molecular weight is 321 g/mol. The molecule has 0 amide bonds. The van der Waals surface area contributed by atoms with E-state index in [4.69, 9.17) is 4.74 Å². The second kappa shape index (κ2) is 7.14. The average Bonchev–Trinajstić information content (AvgIpc) is 2.44. The number of benzene rings is 1. The molecule has 19 heavy (non-hydrogen) atoms. The fraction of sp³-hybridized carbons (Fsp3) is 0.267. The summed E-state index contributed by atoms with van der Waals surface area (Å²) in [5, 5.41) is 3.36.